The lowest BCUT2D eigenvalue weighted by atomic mass is 10.2. The van der Waals surface area contributed by atoms with Gasteiger partial charge in [0.05, 0.1) is 165 Å². The number of carbonyl (C=O) groups is 2. The molecule has 0 aliphatic carbocycles. The highest BCUT2D eigenvalue weighted by atomic mass is 16.7. The molecule has 0 bridgehead atoms. The number of carboxylic acids is 1. The van der Waals surface area contributed by atoms with Gasteiger partial charge in [0.1, 0.15) is 0 Å². The molecule has 1 amide bonds. The summed E-state index contributed by atoms with van der Waals surface area (Å²) in [5.41, 5.74) is 0. The van der Waals surface area contributed by atoms with Crippen molar-refractivity contribution >= 4 is 11.9 Å². The first-order valence-electron chi connectivity index (χ1n) is 19.3. The molecule has 0 saturated carbocycles. The van der Waals surface area contributed by atoms with Gasteiger partial charge in [-0.05, 0) is 25.7 Å². The molecule has 1 rings (SSSR count). The van der Waals surface area contributed by atoms with Crippen LogP contribution in [0.1, 0.15) is 38.5 Å². The number of rotatable bonds is 44. The molecule has 1 atom stereocenters. The van der Waals surface area contributed by atoms with Crippen LogP contribution in [0.15, 0.2) is 0 Å². The van der Waals surface area contributed by atoms with Gasteiger partial charge in [-0.1, -0.05) is 0 Å². The largest absolute Gasteiger partial charge is 0.481 e. The van der Waals surface area contributed by atoms with Crippen LogP contribution in [0.2, 0.25) is 0 Å². The molecule has 1 heterocycles. The Bertz CT molecular complexity index is 794. The second-order valence-corrected chi connectivity index (χ2v) is 11.6. The summed E-state index contributed by atoms with van der Waals surface area (Å²) in [6, 6.07) is 0. The molecule has 0 aromatic heterocycles. The highest BCUT2D eigenvalue weighted by molar-refractivity contribution is 5.80. The zero-order valence-electron chi connectivity index (χ0n) is 32.4. The predicted molar refractivity (Wildman–Crippen MR) is 194 cm³/mol. The van der Waals surface area contributed by atoms with Gasteiger partial charge in [0.2, 0.25) is 5.91 Å². The Hall–Kier alpha value is -1.62. The van der Waals surface area contributed by atoms with E-state index in [1.807, 2.05) is 0 Å². The Labute approximate surface area is 321 Å². The minimum absolute atomic E-state index is 0.0118. The van der Waals surface area contributed by atoms with Crippen LogP contribution in [0.3, 0.4) is 0 Å². The first kappa shape index (κ1) is 50.4. The number of hydrogen-bond acceptors (Lipinski definition) is 16. The van der Waals surface area contributed by atoms with Crippen molar-refractivity contribution in [3.05, 3.63) is 0 Å². The summed E-state index contributed by atoms with van der Waals surface area (Å²) < 4.78 is 76.8. The fourth-order valence-electron chi connectivity index (χ4n) is 4.31. The number of hydrogen-bond donors (Lipinski definition) is 2. The van der Waals surface area contributed by atoms with Gasteiger partial charge < -0.3 is 76.7 Å². The number of carbonyl (C=O) groups excluding carboxylic acids is 1. The van der Waals surface area contributed by atoms with Gasteiger partial charge >= 0.3 is 5.97 Å². The summed E-state index contributed by atoms with van der Waals surface area (Å²) in [6.07, 6.45) is 3.64. The number of nitrogens with one attached hydrogen (secondary N) is 1. The van der Waals surface area contributed by atoms with Gasteiger partial charge in [0, 0.05) is 26.2 Å². The lowest BCUT2D eigenvalue weighted by Crippen LogP contribution is -2.25. The smallest absolute Gasteiger partial charge is 0.303 e. The second kappa shape index (κ2) is 42.5. The molecule has 1 fully saturated rings. The van der Waals surface area contributed by atoms with Crippen molar-refractivity contribution in [1.29, 1.82) is 0 Å². The van der Waals surface area contributed by atoms with Crippen molar-refractivity contribution in [1.82, 2.24) is 5.32 Å². The molecule has 0 aromatic carbocycles. The molecule has 1 unspecified atom stereocenters. The van der Waals surface area contributed by atoms with E-state index in [-0.39, 0.29) is 25.0 Å². The van der Waals surface area contributed by atoms with E-state index < -0.39 is 5.97 Å². The highest BCUT2D eigenvalue weighted by Gasteiger charge is 2.13. The first-order chi connectivity index (χ1) is 26.7. The minimum Gasteiger partial charge on any atom is -0.481 e. The van der Waals surface area contributed by atoms with Gasteiger partial charge in [-0.25, -0.2) is 0 Å². The Morgan fingerprint density at radius 2 is 0.796 bits per heavy atom. The molecular formula is C36H69NO17. The van der Waals surface area contributed by atoms with Crippen LogP contribution >= 0.6 is 0 Å². The summed E-state index contributed by atoms with van der Waals surface area (Å²) in [4.78, 5) is 21.8. The molecule has 2 N–H and O–H groups in total. The molecule has 1 saturated heterocycles. The Morgan fingerprint density at radius 3 is 1.11 bits per heavy atom. The van der Waals surface area contributed by atoms with Crippen molar-refractivity contribution in [2.75, 3.05) is 178 Å². The van der Waals surface area contributed by atoms with E-state index in [2.05, 4.69) is 5.32 Å². The maximum Gasteiger partial charge on any atom is 0.303 e. The summed E-state index contributed by atoms with van der Waals surface area (Å²) >= 11 is 0. The van der Waals surface area contributed by atoms with Gasteiger partial charge in [-0.2, -0.15) is 0 Å². The number of ether oxygens (including phenoxy) is 14. The van der Waals surface area contributed by atoms with E-state index >= 15 is 0 Å². The SMILES string of the molecule is O=C(O)CCC(=O)NCCCOCCOCCOCCOCCOCCOCCOCCOCCOCCOCCOCCOCCOC1CCCCO1. The van der Waals surface area contributed by atoms with Crippen molar-refractivity contribution < 1.29 is 81.0 Å². The third-order valence-corrected chi connectivity index (χ3v) is 7.11. The predicted octanol–water partition coefficient (Wildman–Crippen LogP) is 1.10. The van der Waals surface area contributed by atoms with Crippen molar-refractivity contribution in [2.24, 2.45) is 0 Å². The number of aliphatic carboxylic acids is 1. The quantitative estimate of drug-likeness (QED) is 0.0833. The first-order valence-corrected chi connectivity index (χ1v) is 19.3. The van der Waals surface area contributed by atoms with Gasteiger partial charge in [0.25, 0.3) is 0 Å². The zero-order valence-corrected chi connectivity index (χ0v) is 32.4. The molecule has 54 heavy (non-hydrogen) atoms. The monoisotopic (exact) mass is 787 g/mol. The van der Waals surface area contributed by atoms with Crippen LogP contribution in [-0.4, -0.2) is 202 Å². The average Bonchev–Trinajstić information content (AvgIpc) is 3.18. The molecular weight excluding hydrogens is 718 g/mol. The summed E-state index contributed by atoms with van der Waals surface area (Å²) in [6.45, 7) is 13.5. The van der Waals surface area contributed by atoms with Crippen LogP contribution in [-0.2, 0) is 75.9 Å². The van der Waals surface area contributed by atoms with Crippen LogP contribution in [0, 0.1) is 0 Å². The fourth-order valence-corrected chi connectivity index (χ4v) is 4.31. The zero-order chi connectivity index (χ0) is 38.7. The lowest BCUT2D eigenvalue weighted by molar-refractivity contribution is -0.169. The van der Waals surface area contributed by atoms with Crippen LogP contribution in [0.5, 0.6) is 0 Å². The molecule has 0 aromatic rings. The van der Waals surface area contributed by atoms with E-state index in [1.54, 1.807) is 0 Å². The van der Waals surface area contributed by atoms with Gasteiger partial charge in [-0.15, -0.1) is 0 Å². The molecule has 18 heteroatoms. The molecule has 1 aliphatic heterocycles. The lowest BCUT2D eigenvalue weighted by Gasteiger charge is -2.22. The third-order valence-electron chi connectivity index (χ3n) is 7.11. The number of amides is 1. The van der Waals surface area contributed by atoms with Gasteiger partial charge in [0.15, 0.2) is 6.29 Å². The van der Waals surface area contributed by atoms with Crippen LogP contribution < -0.4 is 5.32 Å². The van der Waals surface area contributed by atoms with E-state index in [4.69, 9.17) is 71.4 Å². The third kappa shape index (κ3) is 40.1. The van der Waals surface area contributed by atoms with E-state index in [0.29, 0.717) is 178 Å². The van der Waals surface area contributed by atoms with Crippen molar-refractivity contribution in [3.8, 4) is 0 Å². The molecule has 0 radical (unpaired) electrons. The van der Waals surface area contributed by atoms with Crippen LogP contribution in [0.25, 0.3) is 0 Å². The Balaban J connectivity index is 1.61. The summed E-state index contributed by atoms with van der Waals surface area (Å²) in [5.74, 6) is -1.25. The summed E-state index contributed by atoms with van der Waals surface area (Å²) in [5, 5.41) is 11.2. The van der Waals surface area contributed by atoms with Crippen molar-refractivity contribution in [2.45, 2.75) is 44.8 Å². The van der Waals surface area contributed by atoms with E-state index in [9.17, 15) is 9.59 Å². The van der Waals surface area contributed by atoms with E-state index in [0.717, 1.165) is 25.9 Å². The van der Waals surface area contributed by atoms with Crippen molar-refractivity contribution in [3.63, 3.8) is 0 Å². The summed E-state index contributed by atoms with van der Waals surface area (Å²) in [7, 11) is 0. The molecule has 1 aliphatic rings. The Morgan fingerprint density at radius 1 is 0.463 bits per heavy atom. The topological polar surface area (TPSA) is 196 Å². The van der Waals surface area contributed by atoms with Gasteiger partial charge in [-0.3, -0.25) is 9.59 Å². The van der Waals surface area contributed by atoms with Crippen LogP contribution in [0.4, 0.5) is 0 Å². The molecule has 0 spiro atoms. The second-order valence-electron chi connectivity index (χ2n) is 11.6. The maximum absolute atomic E-state index is 11.4. The maximum atomic E-state index is 11.4. The molecule has 320 valence electrons. The molecule has 18 nitrogen and oxygen atoms in total. The average molecular weight is 788 g/mol. The standard InChI is InChI=1S/C36H69NO17/c38-34(5-6-35(39)40)37-7-3-8-41-10-11-42-12-13-43-14-15-44-16-17-45-18-19-46-20-21-47-22-23-48-24-25-49-26-27-50-28-29-51-30-31-52-32-33-54-36-4-1-2-9-53-36/h36H,1-33H2,(H,37,38)(H,39,40). The fraction of sp³-hybridized carbons (Fsp3) is 0.944. The highest BCUT2D eigenvalue weighted by Crippen LogP contribution is 2.13. The minimum atomic E-state index is -0.984. The normalized spacial score (nSPS) is 14.5. The Kier molecular flexibility index (Phi) is 39.7. The van der Waals surface area contributed by atoms with E-state index in [1.165, 1.54) is 0 Å². The number of carboxylic acid groups (broad SMARTS) is 1.